The summed E-state index contributed by atoms with van der Waals surface area (Å²) >= 11 is 0. The third-order valence-electron chi connectivity index (χ3n) is 10.9. The van der Waals surface area contributed by atoms with Gasteiger partial charge in [0.05, 0.1) is 38.7 Å². The molecule has 0 bridgehead atoms. The Kier molecular flexibility index (Phi) is 5.71. The average molecular weight is 677 g/mol. The highest BCUT2D eigenvalue weighted by Crippen LogP contribution is 2.45. The van der Waals surface area contributed by atoms with Crippen molar-refractivity contribution in [3.63, 3.8) is 0 Å². The van der Waals surface area contributed by atoms with Crippen molar-refractivity contribution in [2.75, 3.05) is 0 Å². The number of para-hydroxylation sites is 3. The lowest BCUT2D eigenvalue weighted by Gasteiger charge is -2.13. The molecule has 12 rings (SSSR count). The fraction of sp³-hybridized carbons (Fsp3) is 0. The summed E-state index contributed by atoms with van der Waals surface area (Å²) in [5.41, 5.74) is 10.1. The highest BCUT2D eigenvalue weighted by molar-refractivity contribution is 6.31. The Balaban J connectivity index is 1.28. The molecule has 0 unspecified atom stereocenters. The summed E-state index contributed by atoms with van der Waals surface area (Å²) in [5.74, 6) is 0.642. The highest BCUT2D eigenvalue weighted by Gasteiger charge is 2.25. The van der Waals surface area contributed by atoms with Crippen LogP contribution in [0.4, 0.5) is 0 Å². The summed E-state index contributed by atoms with van der Waals surface area (Å²) in [6, 6.07) is 59.9. The molecule has 0 amide bonds. The number of benzene rings is 8. The first-order chi connectivity index (χ1) is 26.3. The van der Waals surface area contributed by atoms with Gasteiger partial charge in [-0.15, -0.1) is 0 Å². The van der Waals surface area contributed by atoms with Crippen LogP contribution >= 0.6 is 0 Å². The van der Waals surface area contributed by atoms with E-state index in [1.54, 1.807) is 0 Å². The van der Waals surface area contributed by atoms with Gasteiger partial charge >= 0.3 is 0 Å². The van der Waals surface area contributed by atoms with E-state index in [2.05, 4.69) is 167 Å². The van der Waals surface area contributed by atoms with Gasteiger partial charge in [-0.1, -0.05) is 121 Å². The predicted octanol–water partition coefficient (Wildman–Crippen LogP) is 12.5. The Morgan fingerprint density at radius 1 is 0.396 bits per heavy atom. The van der Waals surface area contributed by atoms with Crippen molar-refractivity contribution in [1.29, 1.82) is 0 Å². The zero-order valence-corrected chi connectivity index (χ0v) is 28.4. The monoisotopic (exact) mass is 676 g/mol. The zero-order chi connectivity index (χ0) is 34.6. The van der Waals surface area contributed by atoms with Gasteiger partial charge in [0.2, 0.25) is 5.95 Å². The summed E-state index contributed by atoms with van der Waals surface area (Å²) in [4.78, 5) is 10.9. The van der Waals surface area contributed by atoms with Crippen molar-refractivity contribution in [3.05, 3.63) is 170 Å². The van der Waals surface area contributed by atoms with E-state index in [9.17, 15) is 0 Å². The second-order valence-electron chi connectivity index (χ2n) is 13.7. The number of furan rings is 1. The Hall–Kier alpha value is -7.24. The van der Waals surface area contributed by atoms with Gasteiger partial charge in [-0.05, 0) is 53.9 Å². The molecular formula is C48H28N4O. The van der Waals surface area contributed by atoms with Gasteiger partial charge in [-0.25, -0.2) is 9.97 Å². The molecule has 4 heterocycles. The number of fused-ring (bicyclic) bond motifs is 14. The first-order valence-corrected chi connectivity index (χ1v) is 17.9. The lowest BCUT2D eigenvalue weighted by Crippen LogP contribution is -2.04. The lowest BCUT2D eigenvalue weighted by molar-refractivity contribution is 0.669. The Bertz CT molecular complexity index is 3450. The van der Waals surface area contributed by atoms with Gasteiger partial charge in [0.15, 0.2) is 0 Å². The predicted molar refractivity (Wildman–Crippen MR) is 218 cm³/mol. The smallest absolute Gasteiger partial charge is 0.235 e. The minimum absolute atomic E-state index is 0.642. The number of hydrogen-bond donors (Lipinski definition) is 0. The van der Waals surface area contributed by atoms with Crippen LogP contribution in [0, 0.1) is 0 Å². The number of aromatic nitrogens is 4. The van der Waals surface area contributed by atoms with E-state index >= 15 is 0 Å². The van der Waals surface area contributed by atoms with Crippen LogP contribution in [0.15, 0.2) is 174 Å². The Morgan fingerprint density at radius 2 is 1.06 bits per heavy atom. The molecule has 5 nitrogen and oxygen atoms in total. The Morgan fingerprint density at radius 3 is 1.91 bits per heavy atom. The number of rotatable bonds is 3. The fourth-order valence-electron chi connectivity index (χ4n) is 8.67. The highest BCUT2D eigenvalue weighted by atomic mass is 16.3. The maximum absolute atomic E-state index is 6.45. The molecule has 0 aliphatic carbocycles. The second kappa shape index (κ2) is 10.6. The standard InChI is InChI=1S/C48H28N4O/c1-3-14-30(15-4-1)44-37-24-23-29-13-7-8-18-32(29)45(37)50-48(49-44)52-38-21-11-9-19-35(38)42-39(52)27-25-33-34-26-28-41-43(36-20-10-12-22-40(36)53-41)47(34)51(46(33)42)31-16-5-2-6-17-31/h1-28H. The molecule has 0 atom stereocenters. The molecule has 12 aromatic rings. The summed E-state index contributed by atoms with van der Waals surface area (Å²) in [6.45, 7) is 0. The van der Waals surface area contributed by atoms with Crippen LogP contribution in [0.3, 0.4) is 0 Å². The maximum Gasteiger partial charge on any atom is 0.235 e. The van der Waals surface area contributed by atoms with E-state index in [0.29, 0.717) is 5.95 Å². The van der Waals surface area contributed by atoms with Gasteiger partial charge in [0.25, 0.3) is 0 Å². The second-order valence-corrected chi connectivity index (χ2v) is 13.7. The SMILES string of the molecule is c1ccc(-c2nc(-n3c4ccccc4c4c3ccc3c5ccc6oc7ccccc7c6c5n(-c5ccccc5)c34)nc3c2ccc2ccccc23)cc1. The minimum Gasteiger partial charge on any atom is -0.456 e. The number of nitrogens with zero attached hydrogens (tertiary/aromatic N) is 4. The third-order valence-corrected chi connectivity index (χ3v) is 10.9. The zero-order valence-electron chi connectivity index (χ0n) is 28.4. The number of hydrogen-bond acceptors (Lipinski definition) is 3. The van der Waals surface area contributed by atoms with E-state index < -0.39 is 0 Å². The quantitative estimate of drug-likeness (QED) is 0.175. The largest absolute Gasteiger partial charge is 0.456 e. The van der Waals surface area contributed by atoms with E-state index in [4.69, 9.17) is 14.4 Å². The van der Waals surface area contributed by atoms with Crippen LogP contribution in [0.2, 0.25) is 0 Å². The molecule has 0 radical (unpaired) electrons. The molecule has 0 aliphatic heterocycles. The fourth-order valence-corrected chi connectivity index (χ4v) is 8.67. The van der Waals surface area contributed by atoms with Crippen molar-refractivity contribution in [2.45, 2.75) is 0 Å². The summed E-state index contributed by atoms with van der Waals surface area (Å²) < 4.78 is 11.1. The van der Waals surface area contributed by atoms with Crippen molar-refractivity contribution in [2.24, 2.45) is 0 Å². The molecule has 53 heavy (non-hydrogen) atoms. The van der Waals surface area contributed by atoms with E-state index in [1.165, 1.54) is 10.8 Å². The molecule has 0 fully saturated rings. The van der Waals surface area contributed by atoms with Crippen LogP contribution in [0.1, 0.15) is 0 Å². The molecule has 0 aliphatic rings. The summed E-state index contributed by atoms with van der Waals surface area (Å²) in [7, 11) is 0. The lowest BCUT2D eigenvalue weighted by atomic mass is 10.0. The summed E-state index contributed by atoms with van der Waals surface area (Å²) in [5, 5.41) is 10.2. The first-order valence-electron chi connectivity index (χ1n) is 17.9. The molecule has 0 saturated heterocycles. The van der Waals surface area contributed by atoms with Crippen molar-refractivity contribution in [1.82, 2.24) is 19.1 Å². The molecule has 5 heteroatoms. The molecule has 0 N–H and O–H groups in total. The third kappa shape index (κ3) is 3.91. The topological polar surface area (TPSA) is 48.8 Å². The van der Waals surface area contributed by atoms with Crippen molar-refractivity contribution < 1.29 is 4.42 Å². The molecule has 246 valence electrons. The minimum atomic E-state index is 0.642. The van der Waals surface area contributed by atoms with E-state index in [1.807, 2.05) is 12.1 Å². The van der Waals surface area contributed by atoms with Gasteiger partial charge in [-0.2, -0.15) is 0 Å². The van der Waals surface area contributed by atoms with Crippen molar-refractivity contribution in [3.8, 4) is 22.9 Å². The van der Waals surface area contributed by atoms with Gasteiger partial charge in [0, 0.05) is 49.0 Å². The van der Waals surface area contributed by atoms with Gasteiger partial charge < -0.3 is 8.98 Å². The maximum atomic E-state index is 6.45. The molecular weight excluding hydrogens is 649 g/mol. The normalized spacial score (nSPS) is 12.2. The molecule has 0 saturated carbocycles. The van der Waals surface area contributed by atoms with Crippen LogP contribution in [0.5, 0.6) is 0 Å². The van der Waals surface area contributed by atoms with Crippen LogP contribution in [0.25, 0.3) is 110 Å². The van der Waals surface area contributed by atoms with Gasteiger partial charge in [-0.3, -0.25) is 4.57 Å². The van der Waals surface area contributed by atoms with E-state index in [0.717, 1.165) is 93.4 Å². The molecule has 8 aromatic carbocycles. The van der Waals surface area contributed by atoms with Crippen molar-refractivity contribution >= 4 is 87.2 Å². The first kappa shape index (κ1) is 28.5. The summed E-state index contributed by atoms with van der Waals surface area (Å²) in [6.07, 6.45) is 0. The molecule has 4 aromatic heterocycles. The molecule has 0 spiro atoms. The van der Waals surface area contributed by atoms with Crippen LogP contribution in [-0.2, 0) is 0 Å². The average Bonchev–Trinajstić information content (AvgIpc) is 3.88. The van der Waals surface area contributed by atoms with E-state index in [-0.39, 0.29) is 0 Å². The van der Waals surface area contributed by atoms with Crippen LogP contribution in [-0.4, -0.2) is 19.1 Å². The van der Waals surface area contributed by atoms with Crippen LogP contribution < -0.4 is 0 Å². The Labute approximate surface area is 302 Å². The van der Waals surface area contributed by atoms with Gasteiger partial charge in [0.1, 0.15) is 11.2 Å².